The Morgan fingerprint density at radius 2 is 2.50 bits per heavy atom. The van der Waals surface area contributed by atoms with Crippen molar-refractivity contribution in [3.63, 3.8) is 0 Å². The maximum absolute atomic E-state index is 10.8. The van der Waals surface area contributed by atoms with Crippen LogP contribution >= 0.6 is 0 Å². The van der Waals surface area contributed by atoms with Crippen molar-refractivity contribution in [1.29, 1.82) is 0 Å². The first-order valence-corrected chi connectivity index (χ1v) is 3.01. The van der Waals surface area contributed by atoms with E-state index >= 15 is 0 Å². The van der Waals surface area contributed by atoms with Crippen LogP contribution < -0.4 is 0 Å². The normalized spacial score (nSPS) is 24.5. The van der Waals surface area contributed by atoms with E-state index in [0.29, 0.717) is 11.1 Å². The van der Waals surface area contributed by atoms with Gasteiger partial charge in [0.2, 0.25) is 5.90 Å². The highest BCUT2D eigenvalue weighted by Gasteiger charge is 2.04. The molecule has 0 amide bonds. The molecule has 1 aliphatic rings. The molecule has 0 radical (unpaired) electrons. The molecular weight excluding hydrogens is 132 g/mol. The highest BCUT2D eigenvalue weighted by molar-refractivity contribution is 5.88. The molecule has 0 aromatic heterocycles. The summed E-state index contributed by atoms with van der Waals surface area (Å²) in [4.78, 5) is 0. The third kappa shape index (κ3) is 1.27. The zero-order chi connectivity index (χ0) is 7.56. The Morgan fingerprint density at radius 3 is 3.00 bits per heavy atom. The van der Waals surface area contributed by atoms with E-state index in [0.717, 1.165) is 0 Å². The van der Waals surface area contributed by atoms with E-state index in [2.05, 4.69) is 5.10 Å². The van der Waals surface area contributed by atoms with Crippen molar-refractivity contribution >= 4 is 5.90 Å². The molecule has 0 bridgehead atoms. The number of hydrogen-bond donors (Lipinski definition) is 0. The highest BCUT2D eigenvalue weighted by Crippen LogP contribution is 2.05. The second kappa shape index (κ2) is 2.70. The van der Waals surface area contributed by atoms with Gasteiger partial charge in [-0.15, -0.1) is 5.10 Å². The summed E-state index contributed by atoms with van der Waals surface area (Å²) in [6.45, 7) is 1.76. The second-order valence-electron chi connectivity index (χ2n) is 2.04. The lowest BCUT2D eigenvalue weighted by Crippen LogP contribution is -2.25. The van der Waals surface area contributed by atoms with E-state index in [1.54, 1.807) is 19.1 Å². The molecule has 0 aromatic rings. The molecule has 1 unspecified atom stereocenters. The number of hydrazone groups is 1. The van der Waals surface area contributed by atoms with Crippen molar-refractivity contribution in [3.8, 4) is 0 Å². The lowest BCUT2D eigenvalue weighted by atomic mass is 10.3. The van der Waals surface area contributed by atoms with E-state index in [1.165, 1.54) is 7.11 Å². The zero-order valence-electron chi connectivity index (χ0n) is 5.94. The molecule has 1 heterocycles. The van der Waals surface area contributed by atoms with Crippen molar-refractivity contribution < 1.29 is 4.74 Å². The Bertz CT molecular complexity index is 177. The average Bonchev–Trinajstić information content (AvgIpc) is 1.95. The van der Waals surface area contributed by atoms with Gasteiger partial charge in [0.25, 0.3) is 0 Å². The van der Waals surface area contributed by atoms with Crippen LogP contribution in [0.1, 0.15) is 6.92 Å². The summed E-state index contributed by atoms with van der Waals surface area (Å²) < 4.78 is 4.73. The van der Waals surface area contributed by atoms with E-state index in [4.69, 9.17) is 4.74 Å². The van der Waals surface area contributed by atoms with Crippen LogP contribution in [0.5, 0.6) is 0 Å². The van der Waals surface area contributed by atoms with Gasteiger partial charge >= 0.3 is 0 Å². The topological polar surface area (TPSA) is 47.9 Å². The summed E-state index contributed by atoms with van der Waals surface area (Å²) in [5.74, 6) is 0.355. The van der Waals surface area contributed by atoms with Crippen molar-refractivity contribution in [2.75, 3.05) is 7.11 Å². The number of nitrogens with zero attached hydrogens (tertiary/aromatic N) is 2. The number of hydrogen-bond acceptors (Lipinski definition) is 4. The van der Waals surface area contributed by atoms with E-state index in [9.17, 15) is 5.21 Å². The van der Waals surface area contributed by atoms with Crippen LogP contribution in [-0.2, 0) is 4.74 Å². The Morgan fingerprint density at radius 1 is 1.80 bits per heavy atom. The molecule has 1 aliphatic heterocycles. The van der Waals surface area contributed by atoms with Gasteiger partial charge in [-0.3, -0.25) is 0 Å². The van der Waals surface area contributed by atoms with Gasteiger partial charge in [-0.1, -0.05) is 6.08 Å². The molecule has 0 saturated carbocycles. The maximum Gasteiger partial charge on any atom is 0.229 e. The van der Waals surface area contributed by atoms with Crippen molar-refractivity contribution in [1.82, 2.24) is 5.17 Å². The van der Waals surface area contributed by atoms with Crippen LogP contribution in [-0.4, -0.2) is 24.2 Å². The quantitative estimate of drug-likeness (QED) is 0.499. The molecule has 0 aliphatic carbocycles. The van der Waals surface area contributed by atoms with Gasteiger partial charge in [0.05, 0.1) is 13.2 Å². The maximum atomic E-state index is 10.8. The largest absolute Gasteiger partial charge is 0.741 e. The van der Waals surface area contributed by atoms with Gasteiger partial charge in [0, 0.05) is 0 Å². The van der Waals surface area contributed by atoms with Crippen molar-refractivity contribution in [2.24, 2.45) is 5.10 Å². The zero-order valence-corrected chi connectivity index (χ0v) is 5.94. The minimum Gasteiger partial charge on any atom is -0.741 e. The molecule has 0 aromatic carbocycles. The molecule has 56 valence electrons. The van der Waals surface area contributed by atoms with Crippen molar-refractivity contribution in [3.05, 3.63) is 17.4 Å². The SMILES string of the molecule is COC1=NN([O-])C(C)C=C1. The lowest BCUT2D eigenvalue weighted by Gasteiger charge is -2.31. The smallest absolute Gasteiger partial charge is 0.229 e. The van der Waals surface area contributed by atoms with Crippen LogP contribution in [0.15, 0.2) is 17.3 Å². The van der Waals surface area contributed by atoms with Crippen LogP contribution in [0.4, 0.5) is 0 Å². The molecule has 0 N–H and O–H groups in total. The van der Waals surface area contributed by atoms with Gasteiger partial charge in [-0.2, -0.15) is 0 Å². The fourth-order valence-electron chi connectivity index (χ4n) is 0.626. The third-order valence-corrected chi connectivity index (χ3v) is 1.27. The molecule has 1 rings (SSSR count). The Hall–Kier alpha value is -1.03. The molecular formula is C6H9N2O2-. The fourth-order valence-corrected chi connectivity index (χ4v) is 0.626. The number of rotatable bonds is 0. The molecule has 4 heteroatoms. The Balaban J connectivity index is 2.66. The summed E-state index contributed by atoms with van der Waals surface area (Å²) in [6.07, 6.45) is 3.41. The molecule has 0 fully saturated rings. The molecule has 4 nitrogen and oxygen atoms in total. The highest BCUT2D eigenvalue weighted by atomic mass is 16.5. The van der Waals surface area contributed by atoms with Gasteiger partial charge in [0.1, 0.15) is 0 Å². The van der Waals surface area contributed by atoms with Gasteiger partial charge in [-0.05, 0) is 13.0 Å². The summed E-state index contributed by atoms with van der Waals surface area (Å²) in [6, 6.07) is -0.182. The van der Waals surface area contributed by atoms with Crippen LogP contribution in [0.2, 0.25) is 0 Å². The molecule has 1 atom stereocenters. The second-order valence-corrected chi connectivity index (χ2v) is 2.04. The Labute approximate surface area is 59.4 Å². The summed E-state index contributed by atoms with van der Waals surface area (Å²) in [7, 11) is 1.48. The molecule has 0 spiro atoms. The van der Waals surface area contributed by atoms with E-state index < -0.39 is 0 Å². The average molecular weight is 141 g/mol. The minimum absolute atomic E-state index is 0.182. The lowest BCUT2D eigenvalue weighted by molar-refractivity contribution is 0.317. The predicted octanol–water partition coefficient (Wildman–Crippen LogP) is 0.704. The predicted molar refractivity (Wildman–Crippen MR) is 38.3 cm³/mol. The molecule has 0 saturated heterocycles. The van der Waals surface area contributed by atoms with Gasteiger partial charge in [-0.25, -0.2) is 0 Å². The minimum atomic E-state index is -0.182. The summed E-state index contributed by atoms with van der Waals surface area (Å²) in [5.41, 5.74) is 0. The molecule has 10 heavy (non-hydrogen) atoms. The standard InChI is InChI=1S/C6H9N2O2/c1-5-3-4-6(10-2)7-8(5)9/h3-5H,1-2H3/q-1. The van der Waals surface area contributed by atoms with E-state index in [1.807, 2.05) is 0 Å². The third-order valence-electron chi connectivity index (χ3n) is 1.27. The van der Waals surface area contributed by atoms with Gasteiger partial charge < -0.3 is 15.1 Å². The van der Waals surface area contributed by atoms with Crippen LogP contribution in [0.3, 0.4) is 0 Å². The monoisotopic (exact) mass is 141 g/mol. The first-order chi connectivity index (χ1) is 4.74. The summed E-state index contributed by atoms with van der Waals surface area (Å²) in [5, 5.41) is 14.9. The van der Waals surface area contributed by atoms with Gasteiger partial charge in [0.15, 0.2) is 0 Å². The fraction of sp³-hybridized carbons (Fsp3) is 0.500. The van der Waals surface area contributed by atoms with Crippen molar-refractivity contribution in [2.45, 2.75) is 13.0 Å². The number of hydroxylamine groups is 1. The summed E-state index contributed by atoms with van der Waals surface area (Å²) >= 11 is 0. The number of ether oxygens (including phenoxy) is 1. The van der Waals surface area contributed by atoms with E-state index in [-0.39, 0.29) is 6.04 Å². The van der Waals surface area contributed by atoms with Crippen LogP contribution in [0, 0.1) is 5.21 Å². The first kappa shape index (κ1) is 7.08. The number of methoxy groups -OCH3 is 1. The first-order valence-electron chi connectivity index (χ1n) is 3.01. The van der Waals surface area contributed by atoms with Crippen LogP contribution in [0.25, 0.3) is 0 Å². The Kier molecular flexibility index (Phi) is 1.91.